The van der Waals surface area contributed by atoms with Gasteiger partial charge in [0.05, 0.1) is 15.2 Å². The minimum Gasteiger partial charge on any atom is -0.242 e. The first kappa shape index (κ1) is 8.02. The van der Waals surface area contributed by atoms with Crippen molar-refractivity contribution >= 4 is 33.2 Å². The molecule has 2 aromatic rings. The summed E-state index contributed by atoms with van der Waals surface area (Å²) >= 11 is 7.50. The largest absolute Gasteiger partial charge is 0.242 e. The zero-order valence-electron chi connectivity index (χ0n) is 6.67. The normalized spacial score (nSPS) is 10.8. The number of halogens is 1. The number of benzene rings is 1. The molecule has 0 spiro atoms. The van der Waals surface area contributed by atoms with Crippen molar-refractivity contribution in [3.63, 3.8) is 0 Å². The Labute approximate surface area is 80.0 Å². The summed E-state index contributed by atoms with van der Waals surface area (Å²) in [6.45, 7) is 2.02. The third kappa shape index (κ3) is 1.21. The summed E-state index contributed by atoms with van der Waals surface area (Å²) in [5.41, 5.74) is 2.25. The lowest BCUT2D eigenvalue weighted by Crippen LogP contribution is -1.76. The number of thiazole rings is 1. The molecule has 62 valence electrons. The molecule has 3 heteroatoms. The minimum atomic E-state index is 0.568. The fourth-order valence-corrected chi connectivity index (χ4v) is 2.45. The second-order valence-electron chi connectivity index (χ2n) is 2.63. The van der Waals surface area contributed by atoms with Gasteiger partial charge >= 0.3 is 0 Å². The van der Waals surface area contributed by atoms with Crippen LogP contribution in [0.1, 0.15) is 10.6 Å². The van der Waals surface area contributed by atoms with Crippen molar-refractivity contribution in [1.29, 1.82) is 0 Å². The number of alkyl halides is 1. The molecule has 1 aromatic heterocycles. The predicted octanol–water partition coefficient (Wildman–Crippen LogP) is 3.34. The first-order chi connectivity index (χ1) is 5.81. The van der Waals surface area contributed by atoms with Crippen molar-refractivity contribution < 1.29 is 0 Å². The molecular formula is C9H8ClNS. The van der Waals surface area contributed by atoms with Gasteiger partial charge in [0.1, 0.15) is 0 Å². The van der Waals surface area contributed by atoms with E-state index in [0.717, 1.165) is 10.5 Å². The van der Waals surface area contributed by atoms with Crippen LogP contribution in [0.4, 0.5) is 0 Å². The molecule has 1 aromatic carbocycles. The average Bonchev–Trinajstić information content (AvgIpc) is 2.44. The van der Waals surface area contributed by atoms with Crippen LogP contribution in [0.2, 0.25) is 0 Å². The standard InChI is InChI=1S/C9H8ClNS/c1-6-11-8-4-2-3-7(5-10)9(8)12-6/h2-4H,5H2,1H3. The van der Waals surface area contributed by atoms with Crippen molar-refractivity contribution in [2.75, 3.05) is 0 Å². The summed E-state index contributed by atoms with van der Waals surface area (Å²) in [6, 6.07) is 6.07. The molecule has 0 atom stereocenters. The Hall–Kier alpha value is -0.600. The van der Waals surface area contributed by atoms with Gasteiger partial charge in [-0.05, 0) is 18.6 Å². The Morgan fingerprint density at radius 2 is 2.33 bits per heavy atom. The molecule has 0 aliphatic rings. The van der Waals surface area contributed by atoms with Crippen LogP contribution in [0.5, 0.6) is 0 Å². The highest BCUT2D eigenvalue weighted by atomic mass is 35.5. The Kier molecular flexibility index (Phi) is 2.03. The maximum absolute atomic E-state index is 5.79. The first-order valence-corrected chi connectivity index (χ1v) is 5.07. The lowest BCUT2D eigenvalue weighted by Gasteiger charge is -1.93. The van der Waals surface area contributed by atoms with E-state index in [1.165, 1.54) is 10.3 Å². The molecule has 0 saturated heterocycles. The quantitative estimate of drug-likeness (QED) is 0.639. The van der Waals surface area contributed by atoms with Crippen LogP contribution in [0.3, 0.4) is 0 Å². The van der Waals surface area contributed by atoms with Crippen LogP contribution in [0, 0.1) is 6.92 Å². The number of rotatable bonds is 1. The van der Waals surface area contributed by atoms with Gasteiger partial charge in [-0.25, -0.2) is 4.98 Å². The highest BCUT2D eigenvalue weighted by Crippen LogP contribution is 2.25. The number of nitrogens with zero attached hydrogens (tertiary/aromatic N) is 1. The van der Waals surface area contributed by atoms with Gasteiger partial charge in [0.2, 0.25) is 0 Å². The first-order valence-electron chi connectivity index (χ1n) is 3.72. The van der Waals surface area contributed by atoms with Crippen LogP contribution in [-0.4, -0.2) is 4.98 Å². The molecule has 0 fully saturated rings. The Bertz CT molecular complexity index is 408. The molecule has 1 nitrogen and oxygen atoms in total. The van der Waals surface area contributed by atoms with E-state index in [-0.39, 0.29) is 0 Å². The Morgan fingerprint density at radius 1 is 1.50 bits per heavy atom. The summed E-state index contributed by atoms with van der Waals surface area (Å²) in [6.07, 6.45) is 0. The Morgan fingerprint density at radius 3 is 3.08 bits per heavy atom. The molecule has 0 unspecified atom stereocenters. The van der Waals surface area contributed by atoms with Gasteiger partial charge < -0.3 is 0 Å². The average molecular weight is 198 g/mol. The molecular weight excluding hydrogens is 190 g/mol. The van der Waals surface area contributed by atoms with Gasteiger partial charge in [-0.15, -0.1) is 22.9 Å². The van der Waals surface area contributed by atoms with Crippen LogP contribution >= 0.6 is 22.9 Å². The fraction of sp³-hybridized carbons (Fsp3) is 0.222. The van der Waals surface area contributed by atoms with E-state index in [9.17, 15) is 0 Å². The maximum atomic E-state index is 5.79. The van der Waals surface area contributed by atoms with E-state index >= 15 is 0 Å². The monoisotopic (exact) mass is 197 g/mol. The van der Waals surface area contributed by atoms with Gasteiger partial charge in [-0.1, -0.05) is 12.1 Å². The zero-order valence-corrected chi connectivity index (χ0v) is 8.25. The molecule has 2 rings (SSSR count). The van der Waals surface area contributed by atoms with E-state index in [1.807, 2.05) is 25.1 Å². The second kappa shape index (κ2) is 3.04. The molecule has 0 N–H and O–H groups in total. The lowest BCUT2D eigenvalue weighted by molar-refractivity contribution is 1.34. The lowest BCUT2D eigenvalue weighted by atomic mass is 10.2. The van der Waals surface area contributed by atoms with Gasteiger partial charge in [-0.2, -0.15) is 0 Å². The summed E-state index contributed by atoms with van der Waals surface area (Å²) in [4.78, 5) is 4.38. The van der Waals surface area contributed by atoms with E-state index in [1.54, 1.807) is 11.3 Å². The highest BCUT2D eigenvalue weighted by Gasteiger charge is 2.03. The maximum Gasteiger partial charge on any atom is 0.0907 e. The third-order valence-corrected chi connectivity index (χ3v) is 3.10. The molecule has 0 aliphatic heterocycles. The van der Waals surface area contributed by atoms with Crippen molar-refractivity contribution in [2.24, 2.45) is 0 Å². The molecule has 0 bridgehead atoms. The van der Waals surface area contributed by atoms with E-state index in [4.69, 9.17) is 11.6 Å². The second-order valence-corrected chi connectivity index (χ2v) is 4.10. The van der Waals surface area contributed by atoms with Crippen molar-refractivity contribution in [1.82, 2.24) is 4.98 Å². The number of fused-ring (bicyclic) bond motifs is 1. The van der Waals surface area contributed by atoms with E-state index in [0.29, 0.717) is 5.88 Å². The summed E-state index contributed by atoms with van der Waals surface area (Å²) < 4.78 is 1.23. The van der Waals surface area contributed by atoms with Crippen molar-refractivity contribution in [3.8, 4) is 0 Å². The van der Waals surface area contributed by atoms with Gasteiger partial charge in [0, 0.05) is 5.88 Å². The summed E-state index contributed by atoms with van der Waals surface area (Å²) in [5.74, 6) is 0.568. The SMILES string of the molecule is Cc1nc2cccc(CCl)c2s1. The number of aryl methyl sites for hydroxylation is 1. The van der Waals surface area contributed by atoms with Gasteiger partial charge in [0.15, 0.2) is 0 Å². The number of hydrogen-bond donors (Lipinski definition) is 0. The molecule has 12 heavy (non-hydrogen) atoms. The summed E-state index contributed by atoms with van der Waals surface area (Å²) in [5, 5.41) is 1.10. The smallest absolute Gasteiger partial charge is 0.0907 e. The Balaban J connectivity index is 2.78. The molecule has 1 heterocycles. The highest BCUT2D eigenvalue weighted by molar-refractivity contribution is 7.18. The minimum absolute atomic E-state index is 0.568. The number of hydrogen-bond acceptors (Lipinski definition) is 2. The predicted molar refractivity (Wildman–Crippen MR) is 53.9 cm³/mol. The molecule has 0 amide bonds. The third-order valence-electron chi connectivity index (χ3n) is 1.75. The fourth-order valence-electron chi connectivity index (χ4n) is 1.22. The summed E-state index contributed by atoms with van der Waals surface area (Å²) in [7, 11) is 0. The van der Waals surface area contributed by atoms with Crippen LogP contribution in [0.15, 0.2) is 18.2 Å². The molecule has 0 saturated carbocycles. The van der Waals surface area contributed by atoms with E-state index in [2.05, 4.69) is 4.98 Å². The van der Waals surface area contributed by atoms with Crippen LogP contribution < -0.4 is 0 Å². The van der Waals surface area contributed by atoms with Crippen molar-refractivity contribution in [2.45, 2.75) is 12.8 Å². The number of aromatic nitrogens is 1. The van der Waals surface area contributed by atoms with E-state index < -0.39 is 0 Å². The molecule has 0 radical (unpaired) electrons. The van der Waals surface area contributed by atoms with Crippen LogP contribution in [-0.2, 0) is 5.88 Å². The molecule has 0 aliphatic carbocycles. The van der Waals surface area contributed by atoms with Gasteiger partial charge in [-0.3, -0.25) is 0 Å². The zero-order chi connectivity index (χ0) is 8.55. The topological polar surface area (TPSA) is 12.9 Å². The van der Waals surface area contributed by atoms with Gasteiger partial charge in [0.25, 0.3) is 0 Å². The van der Waals surface area contributed by atoms with Crippen LogP contribution in [0.25, 0.3) is 10.2 Å². The van der Waals surface area contributed by atoms with Crippen molar-refractivity contribution in [3.05, 3.63) is 28.8 Å².